The van der Waals surface area contributed by atoms with Crippen molar-refractivity contribution >= 4 is 22.0 Å². The zero-order chi connectivity index (χ0) is 26.3. The van der Waals surface area contributed by atoms with Crippen LogP contribution in [-0.2, 0) is 20.5 Å². The molecule has 0 saturated carbocycles. The number of benzene rings is 3. The number of likely N-dealkylation sites (N-methyl/N-ethyl adjacent to an activating group) is 1. The molecule has 1 unspecified atom stereocenters. The first kappa shape index (κ1) is 25.0. The van der Waals surface area contributed by atoms with E-state index < -0.39 is 32.8 Å². The number of halogens is 3. The highest BCUT2D eigenvalue weighted by Gasteiger charge is 2.50. The second kappa shape index (κ2) is 8.86. The zero-order valence-corrected chi connectivity index (χ0v) is 19.8. The van der Waals surface area contributed by atoms with Gasteiger partial charge in [-0.25, -0.2) is 4.99 Å². The monoisotopic (exact) mass is 519 g/mol. The number of amides is 1. The SMILES string of the molecule is COc1ccc(OS(=O)(=O)C(F)(F)F)c(-c2cccc(C3(c4ccccc4)N=C(N)N(C)C3=O)c2)c1. The number of alkyl halides is 3. The molecule has 0 fully saturated rings. The predicted molar refractivity (Wildman–Crippen MR) is 126 cm³/mol. The van der Waals surface area contributed by atoms with Gasteiger partial charge in [0.2, 0.25) is 0 Å². The number of nitrogens with zero attached hydrogens (tertiary/aromatic N) is 2. The molecule has 1 atom stereocenters. The van der Waals surface area contributed by atoms with E-state index in [1.165, 1.54) is 43.3 Å². The number of guanidine groups is 1. The standard InChI is InChI=1S/C24H20F3N3O5S/c1-30-21(31)23(29-22(30)28,16-8-4-3-5-9-16)17-10-6-7-15(13-17)19-14-18(34-2)11-12-20(19)35-36(32,33)24(25,26)27/h3-14H,1-2H3,(H2,28,29). The van der Waals surface area contributed by atoms with Crippen molar-refractivity contribution in [2.24, 2.45) is 10.7 Å². The molecule has 4 rings (SSSR count). The molecule has 0 aliphatic carbocycles. The van der Waals surface area contributed by atoms with Gasteiger partial charge in [0.15, 0.2) is 17.2 Å². The van der Waals surface area contributed by atoms with E-state index in [4.69, 9.17) is 10.5 Å². The molecule has 0 saturated heterocycles. The van der Waals surface area contributed by atoms with Gasteiger partial charge in [-0.15, -0.1) is 0 Å². The van der Waals surface area contributed by atoms with Crippen LogP contribution in [0, 0.1) is 0 Å². The Labute approximate surface area is 204 Å². The van der Waals surface area contributed by atoms with Gasteiger partial charge in [0, 0.05) is 12.6 Å². The van der Waals surface area contributed by atoms with E-state index in [9.17, 15) is 26.4 Å². The number of methoxy groups -OCH3 is 1. The van der Waals surface area contributed by atoms with Gasteiger partial charge in [-0.2, -0.15) is 21.6 Å². The number of carbonyl (C=O) groups excluding carboxylic acids is 1. The highest BCUT2D eigenvalue weighted by molar-refractivity contribution is 7.88. The lowest BCUT2D eigenvalue weighted by Crippen LogP contribution is -2.41. The van der Waals surface area contributed by atoms with Gasteiger partial charge in [-0.3, -0.25) is 9.69 Å². The van der Waals surface area contributed by atoms with Crippen molar-refractivity contribution in [1.82, 2.24) is 4.90 Å². The van der Waals surface area contributed by atoms with Crippen molar-refractivity contribution in [2.45, 2.75) is 11.0 Å². The van der Waals surface area contributed by atoms with E-state index in [0.29, 0.717) is 11.1 Å². The van der Waals surface area contributed by atoms with Crippen molar-refractivity contribution in [2.75, 3.05) is 14.2 Å². The van der Waals surface area contributed by atoms with Crippen LogP contribution in [-0.4, -0.2) is 44.9 Å². The van der Waals surface area contributed by atoms with Crippen LogP contribution in [0.4, 0.5) is 13.2 Å². The van der Waals surface area contributed by atoms with Crippen LogP contribution >= 0.6 is 0 Å². The summed E-state index contributed by atoms with van der Waals surface area (Å²) in [5.74, 6) is -0.790. The number of hydrogen-bond acceptors (Lipinski definition) is 7. The van der Waals surface area contributed by atoms with Gasteiger partial charge in [-0.05, 0) is 41.0 Å². The molecule has 3 aromatic carbocycles. The molecule has 0 spiro atoms. The van der Waals surface area contributed by atoms with Crippen LogP contribution in [0.1, 0.15) is 11.1 Å². The van der Waals surface area contributed by atoms with Crippen LogP contribution in [0.3, 0.4) is 0 Å². The number of ether oxygens (including phenoxy) is 1. The molecule has 3 aromatic rings. The lowest BCUT2D eigenvalue weighted by Gasteiger charge is -2.26. The van der Waals surface area contributed by atoms with Crippen molar-refractivity contribution < 1.29 is 35.3 Å². The van der Waals surface area contributed by atoms with Gasteiger partial charge in [0.25, 0.3) is 5.91 Å². The predicted octanol–water partition coefficient (Wildman–Crippen LogP) is 3.62. The summed E-state index contributed by atoms with van der Waals surface area (Å²) in [5, 5.41) is 0. The molecule has 0 aromatic heterocycles. The summed E-state index contributed by atoms with van der Waals surface area (Å²) in [6, 6.07) is 18.5. The number of carbonyl (C=O) groups is 1. The Morgan fingerprint density at radius 3 is 2.22 bits per heavy atom. The number of hydrogen-bond donors (Lipinski definition) is 1. The summed E-state index contributed by atoms with van der Waals surface area (Å²) >= 11 is 0. The minimum Gasteiger partial charge on any atom is -0.497 e. The van der Waals surface area contributed by atoms with E-state index in [2.05, 4.69) is 9.18 Å². The van der Waals surface area contributed by atoms with Gasteiger partial charge >= 0.3 is 15.6 Å². The first-order valence-corrected chi connectivity index (χ1v) is 11.8. The molecule has 188 valence electrons. The lowest BCUT2D eigenvalue weighted by molar-refractivity contribution is -0.129. The van der Waals surface area contributed by atoms with E-state index in [1.54, 1.807) is 42.5 Å². The Morgan fingerprint density at radius 1 is 0.972 bits per heavy atom. The van der Waals surface area contributed by atoms with Crippen LogP contribution in [0.2, 0.25) is 0 Å². The largest absolute Gasteiger partial charge is 0.534 e. The molecule has 0 bridgehead atoms. The van der Waals surface area contributed by atoms with E-state index in [0.717, 1.165) is 6.07 Å². The molecule has 1 aliphatic heterocycles. The van der Waals surface area contributed by atoms with Crippen molar-refractivity contribution in [3.8, 4) is 22.6 Å². The second-order valence-electron chi connectivity index (χ2n) is 7.84. The Bertz CT molecular complexity index is 1460. The summed E-state index contributed by atoms with van der Waals surface area (Å²) < 4.78 is 72.1. The minimum atomic E-state index is -5.95. The highest BCUT2D eigenvalue weighted by Crippen LogP contribution is 2.42. The summed E-state index contributed by atoms with van der Waals surface area (Å²) in [6.45, 7) is 0. The summed E-state index contributed by atoms with van der Waals surface area (Å²) in [4.78, 5) is 19.1. The van der Waals surface area contributed by atoms with E-state index in [1.807, 2.05) is 0 Å². The smallest absolute Gasteiger partial charge is 0.497 e. The molecule has 0 radical (unpaired) electrons. The maximum Gasteiger partial charge on any atom is 0.534 e. The summed E-state index contributed by atoms with van der Waals surface area (Å²) in [7, 11) is -3.12. The topological polar surface area (TPSA) is 111 Å². The number of nitrogens with two attached hydrogens (primary N) is 1. The Morgan fingerprint density at radius 2 is 1.64 bits per heavy atom. The molecular weight excluding hydrogens is 499 g/mol. The molecule has 1 heterocycles. The molecule has 8 nitrogen and oxygen atoms in total. The van der Waals surface area contributed by atoms with Gasteiger partial charge < -0.3 is 14.7 Å². The average molecular weight is 520 g/mol. The van der Waals surface area contributed by atoms with Gasteiger partial charge in [0.05, 0.1) is 7.11 Å². The average Bonchev–Trinajstić information content (AvgIpc) is 3.08. The fourth-order valence-corrected chi connectivity index (χ4v) is 4.35. The third-order valence-electron chi connectivity index (χ3n) is 5.69. The third kappa shape index (κ3) is 4.13. The Kier molecular flexibility index (Phi) is 6.17. The fourth-order valence-electron chi connectivity index (χ4n) is 3.88. The van der Waals surface area contributed by atoms with E-state index in [-0.39, 0.29) is 22.8 Å². The van der Waals surface area contributed by atoms with Gasteiger partial charge in [0.1, 0.15) is 5.75 Å². The quantitative estimate of drug-likeness (QED) is 0.393. The normalized spacial score (nSPS) is 18.2. The highest BCUT2D eigenvalue weighted by atomic mass is 32.2. The molecule has 2 N–H and O–H groups in total. The van der Waals surface area contributed by atoms with Gasteiger partial charge in [-0.1, -0.05) is 48.5 Å². The van der Waals surface area contributed by atoms with Crippen LogP contribution in [0.5, 0.6) is 11.5 Å². The first-order valence-electron chi connectivity index (χ1n) is 10.4. The van der Waals surface area contributed by atoms with Crippen molar-refractivity contribution in [3.63, 3.8) is 0 Å². The Hall–Kier alpha value is -4.06. The van der Waals surface area contributed by atoms with Crippen LogP contribution in [0.15, 0.2) is 77.8 Å². The summed E-state index contributed by atoms with van der Waals surface area (Å²) in [6.07, 6.45) is 0. The van der Waals surface area contributed by atoms with Crippen molar-refractivity contribution in [3.05, 3.63) is 83.9 Å². The number of aliphatic imine (C=N–C) groups is 1. The van der Waals surface area contributed by atoms with Crippen molar-refractivity contribution in [1.29, 1.82) is 0 Å². The molecular formula is C24H20F3N3O5S. The second-order valence-corrected chi connectivity index (χ2v) is 9.37. The molecule has 1 amide bonds. The third-order valence-corrected chi connectivity index (χ3v) is 6.66. The molecule has 12 heteroatoms. The number of rotatable bonds is 6. The molecule has 36 heavy (non-hydrogen) atoms. The summed E-state index contributed by atoms with van der Waals surface area (Å²) in [5.41, 5.74) is -0.0883. The maximum absolute atomic E-state index is 13.4. The maximum atomic E-state index is 13.4. The molecule has 1 aliphatic rings. The first-order chi connectivity index (χ1) is 16.9. The zero-order valence-electron chi connectivity index (χ0n) is 19.0. The minimum absolute atomic E-state index is 0.0111. The fraction of sp³-hybridized carbons (Fsp3) is 0.167. The lowest BCUT2D eigenvalue weighted by atomic mass is 9.81. The Balaban J connectivity index is 1.92. The van der Waals surface area contributed by atoms with Crippen LogP contribution in [0.25, 0.3) is 11.1 Å². The van der Waals surface area contributed by atoms with E-state index >= 15 is 0 Å². The van der Waals surface area contributed by atoms with Crippen LogP contribution < -0.4 is 14.7 Å².